The summed E-state index contributed by atoms with van der Waals surface area (Å²) in [5.74, 6) is 0.219. The molecule has 1 aliphatic rings. The summed E-state index contributed by atoms with van der Waals surface area (Å²) < 4.78 is 7.57. The lowest BCUT2D eigenvalue weighted by atomic mass is 9.80. The van der Waals surface area contributed by atoms with E-state index < -0.39 is 5.60 Å². The number of nitrogens with zero attached hydrogens (tertiary/aromatic N) is 2. The summed E-state index contributed by atoms with van der Waals surface area (Å²) in [6.45, 7) is 2.58. The molecule has 0 N–H and O–H groups in total. The molecule has 1 fully saturated rings. The Morgan fingerprint density at radius 1 is 1.44 bits per heavy atom. The third kappa shape index (κ3) is 2.80. The van der Waals surface area contributed by atoms with Gasteiger partial charge in [-0.15, -0.1) is 0 Å². The highest BCUT2D eigenvalue weighted by Crippen LogP contribution is 2.33. The van der Waals surface area contributed by atoms with E-state index in [1.54, 1.807) is 10.9 Å². The van der Waals surface area contributed by atoms with Crippen molar-refractivity contribution in [2.75, 3.05) is 6.61 Å². The van der Waals surface area contributed by atoms with Crippen molar-refractivity contribution in [2.24, 2.45) is 7.05 Å². The highest BCUT2D eigenvalue weighted by molar-refractivity contribution is 5.89. The van der Waals surface area contributed by atoms with Crippen LogP contribution in [0.3, 0.4) is 0 Å². The zero-order valence-corrected chi connectivity index (χ0v) is 11.3. The second kappa shape index (κ2) is 5.65. The first kappa shape index (κ1) is 13.3. The Hall–Kier alpha value is -1.16. The lowest BCUT2D eigenvalue weighted by Gasteiger charge is -2.35. The molecule has 0 saturated heterocycles. The molecule has 0 radical (unpaired) electrons. The number of aromatic nitrogens is 2. The first-order chi connectivity index (χ1) is 8.66. The lowest BCUT2D eigenvalue weighted by Crippen LogP contribution is -2.44. The predicted octanol–water partition coefficient (Wildman–Crippen LogP) is 2.27. The van der Waals surface area contributed by atoms with Crippen LogP contribution in [0, 0.1) is 0 Å². The largest absolute Gasteiger partial charge is 0.367 e. The number of carbonyl (C=O) groups is 1. The molecule has 0 aliphatic heterocycles. The van der Waals surface area contributed by atoms with Crippen molar-refractivity contribution in [3.63, 3.8) is 0 Å². The molecule has 0 amide bonds. The fourth-order valence-electron chi connectivity index (χ4n) is 2.81. The van der Waals surface area contributed by atoms with Gasteiger partial charge in [-0.2, -0.15) is 5.10 Å². The highest BCUT2D eigenvalue weighted by Gasteiger charge is 2.39. The summed E-state index contributed by atoms with van der Waals surface area (Å²) in [4.78, 5) is 12.5. The predicted molar refractivity (Wildman–Crippen MR) is 69.4 cm³/mol. The quantitative estimate of drug-likeness (QED) is 0.805. The molecule has 18 heavy (non-hydrogen) atoms. The zero-order chi connectivity index (χ0) is 13.0. The van der Waals surface area contributed by atoms with Crippen molar-refractivity contribution in [2.45, 2.75) is 51.0 Å². The van der Waals surface area contributed by atoms with Crippen LogP contribution in [0.2, 0.25) is 0 Å². The number of carbonyl (C=O) groups excluding carboxylic acids is 1. The fraction of sp³-hybridized carbons (Fsp3) is 0.714. The molecule has 4 heteroatoms. The lowest BCUT2D eigenvalue weighted by molar-refractivity contribution is -0.148. The Morgan fingerprint density at radius 2 is 2.17 bits per heavy atom. The van der Waals surface area contributed by atoms with E-state index >= 15 is 0 Å². The molecule has 2 rings (SSSR count). The summed E-state index contributed by atoms with van der Waals surface area (Å²) in [5, 5.41) is 4.11. The molecular weight excluding hydrogens is 228 g/mol. The van der Waals surface area contributed by atoms with E-state index in [1.807, 2.05) is 20.2 Å². The molecule has 1 aliphatic carbocycles. The highest BCUT2D eigenvalue weighted by atomic mass is 16.5. The van der Waals surface area contributed by atoms with Gasteiger partial charge >= 0.3 is 0 Å². The minimum Gasteiger partial charge on any atom is -0.367 e. The average Bonchev–Trinajstić information content (AvgIpc) is 2.76. The number of ether oxygens (including phenoxy) is 1. The standard InChI is InChI=1S/C14H22N2O2/c1-3-18-14(7-5-4-6-8-14)13(17)9-12-10-15-16(2)11-12/h10-11H,3-9H2,1-2H3. The van der Waals surface area contributed by atoms with E-state index in [4.69, 9.17) is 4.74 Å². The van der Waals surface area contributed by atoms with Gasteiger partial charge in [0.15, 0.2) is 5.78 Å². The van der Waals surface area contributed by atoms with Crippen LogP contribution < -0.4 is 0 Å². The first-order valence-electron chi connectivity index (χ1n) is 6.81. The van der Waals surface area contributed by atoms with Crippen molar-refractivity contribution in [1.29, 1.82) is 0 Å². The summed E-state index contributed by atoms with van der Waals surface area (Å²) >= 11 is 0. The van der Waals surface area contributed by atoms with Crippen LogP contribution in [-0.2, 0) is 23.0 Å². The number of Topliss-reactive ketones (excluding diaryl/α,β-unsaturated/α-hetero) is 1. The zero-order valence-electron chi connectivity index (χ0n) is 11.3. The molecule has 1 saturated carbocycles. The third-order valence-electron chi connectivity index (χ3n) is 3.71. The van der Waals surface area contributed by atoms with Gasteiger partial charge in [0.2, 0.25) is 0 Å². The molecular formula is C14H22N2O2. The van der Waals surface area contributed by atoms with Crippen LogP contribution in [0.5, 0.6) is 0 Å². The van der Waals surface area contributed by atoms with E-state index in [0.717, 1.165) is 31.2 Å². The van der Waals surface area contributed by atoms with Gasteiger partial charge in [-0.3, -0.25) is 9.48 Å². The minimum atomic E-state index is -0.525. The van der Waals surface area contributed by atoms with Crippen LogP contribution in [0.1, 0.15) is 44.6 Å². The fourth-order valence-corrected chi connectivity index (χ4v) is 2.81. The summed E-state index contributed by atoms with van der Waals surface area (Å²) in [6, 6.07) is 0. The topological polar surface area (TPSA) is 44.1 Å². The number of rotatable bonds is 5. The molecule has 1 aromatic rings. The second-order valence-corrected chi connectivity index (χ2v) is 5.11. The van der Waals surface area contributed by atoms with Crippen LogP contribution in [-0.4, -0.2) is 27.8 Å². The maximum Gasteiger partial charge on any atom is 0.169 e. The maximum atomic E-state index is 12.5. The van der Waals surface area contributed by atoms with Crippen LogP contribution >= 0.6 is 0 Å². The Kier molecular flexibility index (Phi) is 4.17. The summed E-state index contributed by atoms with van der Waals surface area (Å²) in [6.07, 6.45) is 9.26. The monoisotopic (exact) mass is 250 g/mol. The van der Waals surface area contributed by atoms with E-state index in [-0.39, 0.29) is 5.78 Å². The molecule has 0 aromatic carbocycles. The van der Waals surface area contributed by atoms with Crippen LogP contribution in [0.15, 0.2) is 12.4 Å². The van der Waals surface area contributed by atoms with Gasteiger partial charge in [0.1, 0.15) is 5.60 Å². The van der Waals surface area contributed by atoms with E-state index in [0.29, 0.717) is 13.0 Å². The Morgan fingerprint density at radius 3 is 2.72 bits per heavy atom. The van der Waals surface area contributed by atoms with Gasteiger partial charge in [0, 0.05) is 26.3 Å². The molecule has 0 spiro atoms. The van der Waals surface area contributed by atoms with Gasteiger partial charge in [0.05, 0.1) is 6.20 Å². The van der Waals surface area contributed by atoms with Gasteiger partial charge in [-0.1, -0.05) is 19.3 Å². The number of ketones is 1. The third-order valence-corrected chi connectivity index (χ3v) is 3.71. The molecule has 4 nitrogen and oxygen atoms in total. The number of hydrogen-bond donors (Lipinski definition) is 0. The Labute approximate surface area is 108 Å². The first-order valence-corrected chi connectivity index (χ1v) is 6.81. The molecule has 0 atom stereocenters. The molecule has 1 heterocycles. The normalized spacial score (nSPS) is 18.8. The minimum absolute atomic E-state index is 0.219. The van der Waals surface area contributed by atoms with Crippen molar-refractivity contribution in [1.82, 2.24) is 9.78 Å². The summed E-state index contributed by atoms with van der Waals surface area (Å²) in [7, 11) is 1.87. The van der Waals surface area contributed by atoms with Crippen molar-refractivity contribution >= 4 is 5.78 Å². The smallest absolute Gasteiger partial charge is 0.169 e. The molecule has 1 aromatic heterocycles. The second-order valence-electron chi connectivity index (χ2n) is 5.11. The van der Waals surface area contributed by atoms with Crippen LogP contribution in [0.25, 0.3) is 0 Å². The van der Waals surface area contributed by atoms with Crippen molar-refractivity contribution < 1.29 is 9.53 Å². The maximum absolute atomic E-state index is 12.5. The van der Waals surface area contributed by atoms with Gasteiger partial charge in [-0.05, 0) is 25.3 Å². The molecule has 0 unspecified atom stereocenters. The van der Waals surface area contributed by atoms with Gasteiger partial charge in [0.25, 0.3) is 0 Å². The Balaban J connectivity index is 2.08. The molecule has 0 bridgehead atoms. The SMILES string of the molecule is CCOC1(C(=O)Cc2cnn(C)c2)CCCCC1. The average molecular weight is 250 g/mol. The number of aryl methyl sites for hydroxylation is 1. The van der Waals surface area contributed by atoms with Crippen molar-refractivity contribution in [3.05, 3.63) is 18.0 Å². The summed E-state index contributed by atoms with van der Waals surface area (Å²) in [5.41, 5.74) is 0.454. The Bertz CT molecular complexity index is 400. The van der Waals surface area contributed by atoms with E-state index in [1.165, 1.54) is 6.42 Å². The number of hydrogen-bond acceptors (Lipinski definition) is 3. The van der Waals surface area contributed by atoms with Crippen molar-refractivity contribution in [3.8, 4) is 0 Å². The van der Waals surface area contributed by atoms with E-state index in [2.05, 4.69) is 5.10 Å². The van der Waals surface area contributed by atoms with Gasteiger partial charge in [-0.25, -0.2) is 0 Å². The van der Waals surface area contributed by atoms with Crippen LogP contribution in [0.4, 0.5) is 0 Å². The van der Waals surface area contributed by atoms with Gasteiger partial charge < -0.3 is 4.74 Å². The van der Waals surface area contributed by atoms with E-state index in [9.17, 15) is 4.79 Å². The molecule has 100 valence electrons.